The molecule has 1 aromatic rings. The summed E-state index contributed by atoms with van der Waals surface area (Å²) in [6, 6.07) is 6.90. The molecule has 0 aliphatic carbocycles. The molecule has 0 aromatic heterocycles. The molecule has 1 aliphatic rings. The van der Waals surface area contributed by atoms with E-state index >= 15 is 0 Å². The predicted octanol–water partition coefficient (Wildman–Crippen LogP) is 2.36. The van der Waals surface area contributed by atoms with Crippen molar-refractivity contribution < 1.29 is 8.42 Å². The summed E-state index contributed by atoms with van der Waals surface area (Å²) in [5.74, 6) is 2.66. The first kappa shape index (κ1) is 23.5. The van der Waals surface area contributed by atoms with Crippen LogP contribution in [0, 0.1) is 5.92 Å². The Bertz CT molecular complexity index is 693. The van der Waals surface area contributed by atoms with Crippen LogP contribution in [-0.4, -0.2) is 57.5 Å². The molecule has 2 N–H and O–H groups in total. The first-order chi connectivity index (χ1) is 11.9. The second-order valence-electron chi connectivity index (χ2n) is 6.35. The second kappa shape index (κ2) is 10.7. The number of benzene rings is 1. The number of guanidine groups is 1. The van der Waals surface area contributed by atoms with Crippen LogP contribution in [0.5, 0.6) is 0 Å². The molecule has 0 saturated carbocycles. The highest BCUT2D eigenvalue weighted by Crippen LogP contribution is 2.24. The van der Waals surface area contributed by atoms with Gasteiger partial charge in [0, 0.05) is 37.7 Å². The van der Waals surface area contributed by atoms with Crippen LogP contribution in [0.15, 0.2) is 34.2 Å². The van der Waals surface area contributed by atoms with Crippen molar-refractivity contribution in [3.8, 4) is 0 Å². The number of aliphatic imine (C=N–C) groups is 1. The molecule has 1 saturated heterocycles. The topological polar surface area (TPSA) is 73.8 Å². The third kappa shape index (κ3) is 6.28. The van der Waals surface area contributed by atoms with E-state index in [1.165, 1.54) is 7.05 Å². The van der Waals surface area contributed by atoms with Gasteiger partial charge in [-0.1, -0.05) is 26.0 Å². The molecule has 26 heavy (non-hydrogen) atoms. The maximum Gasteiger partial charge on any atom is 0.240 e. The number of halogens is 1. The van der Waals surface area contributed by atoms with Gasteiger partial charge in [0.05, 0.1) is 4.90 Å². The minimum Gasteiger partial charge on any atom is -0.352 e. The van der Waals surface area contributed by atoms with Crippen LogP contribution in [0.2, 0.25) is 0 Å². The lowest BCUT2D eigenvalue weighted by molar-refractivity contribution is 0.380. The number of sulfonamides is 1. The average molecular weight is 512 g/mol. The quantitative estimate of drug-likeness (QED) is 0.360. The summed E-state index contributed by atoms with van der Waals surface area (Å²) in [5, 5.41) is 4.01. The number of nitrogens with zero attached hydrogens (tertiary/aromatic N) is 2. The molecule has 9 heteroatoms. The molecule has 1 aliphatic heterocycles. The highest BCUT2D eigenvalue weighted by molar-refractivity contribution is 14.0. The van der Waals surface area contributed by atoms with Crippen molar-refractivity contribution in [3.63, 3.8) is 0 Å². The first-order valence-corrected chi connectivity index (χ1v) is 11.0. The number of thioether (sulfide) groups is 1. The zero-order valence-corrected chi connectivity index (χ0v) is 19.7. The largest absolute Gasteiger partial charge is 0.352 e. The van der Waals surface area contributed by atoms with Crippen molar-refractivity contribution in [1.82, 2.24) is 14.9 Å². The van der Waals surface area contributed by atoms with Crippen molar-refractivity contribution in [2.75, 3.05) is 32.9 Å². The van der Waals surface area contributed by atoms with Gasteiger partial charge in [-0.3, -0.25) is 4.99 Å². The fraction of sp³-hybridized carbons (Fsp3) is 0.588. The highest BCUT2D eigenvalue weighted by atomic mass is 127. The van der Waals surface area contributed by atoms with Gasteiger partial charge in [0.2, 0.25) is 10.0 Å². The van der Waals surface area contributed by atoms with Crippen LogP contribution in [0.4, 0.5) is 0 Å². The van der Waals surface area contributed by atoms with E-state index in [0.29, 0.717) is 17.7 Å². The third-order valence-electron chi connectivity index (χ3n) is 4.30. The maximum atomic E-state index is 11.8. The molecule has 1 atom stereocenters. The van der Waals surface area contributed by atoms with Gasteiger partial charge < -0.3 is 10.2 Å². The summed E-state index contributed by atoms with van der Waals surface area (Å²) in [7, 11) is -0.172. The third-order valence-corrected chi connectivity index (χ3v) is 7.27. The summed E-state index contributed by atoms with van der Waals surface area (Å²) >= 11 is 2.04. The predicted molar refractivity (Wildman–Crippen MR) is 121 cm³/mol. The van der Waals surface area contributed by atoms with E-state index in [0.717, 1.165) is 30.4 Å². The van der Waals surface area contributed by atoms with Crippen LogP contribution in [-0.2, 0) is 16.6 Å². The fourth-order valence-electron chi connectivity index (χ4n) is 2.69. The fourth-order valence-corrected chi connectivity index (χ4v) is 4.72. The molecule has 6 nitrogen and oxygen atoms in total. The van der Waals surface area contributed by atoms with Crippen molar-refractivity contribution >= 4 is 51.7 Å². The summed E-state index contributed by atoms with van der Waals surface area (Å²) in [5.41, 5.74) is 1.02. The zero-order chi connectivity index (χ0) is 18.4. The Kier molecular flexibility index (Phi) is 9.70. The van der Waals surface area contributed by atoms with Gasteiger partial charge in [0.25, 0.3) is 0 Å². The molecule has 2 rings (SSSR count). The summed E-state index contributed by atoms with van der Waals surface area (Å²) in [4.78, 5) is 6.99. The SMILES string of the molecule is CN=C(NCc1ccc(S(=O)(=O)NC)cc1)N1CCSC(C(C)C)C1.I. The summed E-state index contributed by atoms with van der Waals surface area (Å²) in [6.07, 6.45) is 0. The lowest BCUT2D eigenvalue weighted by atomic mass is 10.1. The summed E-state index contributed by atoms with van der Waals surface area (Å²) in [6.45, 7) is 7.13. The normalized spacial score (nSPS) is 18.6. The Balaban J connectivity index is 0.00000338. The monoisotopic (exact) mass is 512 g/mol. The lowest BCUT2D eigenvalue weighted by Gasteiger charge is -2.36. The molecular formula is C17H29IN4O2S2. The molecule has 1 aromatic carbocycles. The van der Waals surface area contributed by atoms with Crippen molar-refractivity contribution in [1.29, 1.82) is 0 Å². The van der Waals surface area contributed by atoms with Crippen LogP contribution in [0.1, 0.15) is 19.4 Å². The molecule has 0 bridgehead atoms. The molecule has 1 unspecified atom stereocenters. The van der Waals surface area contributed by atoms with Crippen LogP contribution in [0.25, 0.3) is 0 Å². The Morgan fingerprint density at radius 3 is 2.54 bits per heavy atom. The van der Waals surface area contributed by atoms with E-state index in [1.54, 1.807) is 19.2 Å². The zero-order valence-electron chi connectivity index (χ0n) is 15.7. The molecule has 0 spiro atoms. The Morgan fingerprint density at radius 1 is 1.35 bits per heavy atom. The number of hydrogen-bond donors (Lipinski definition) is 2. The molecule has 0 amide bonds. The van der Waals surface area contributed by atoms with Crippen molar-refractivity contribution in [2.24, 2.45) is 10.9 Å². The standard InChI is InChI=1S/C17H28N4O2S2.HI/c1-13(2)16-12-21(9-10-24-16)17(18-3)20-11-14-5-7-15(8-6-14)25(22,23)19-4;/h5-8,13,16,19H,9-12H2,1-4H3,(H,18,20);1H. The van der Waals surface area contributed by atoms with Crippen molar-refractivity contribution in [2.45, 2.75) is 30.5 Å². The van der Waals surface area contributed by atoms with E-state index in [-0.39, 0.29) is 28.9 Å². The van der Waals surface area contributed by atoms with Crippen LogP contribution >= 0.6 is 35.7 Å². The molecular weight excluding hydrogens is 483 g/mol. The van der Waals surface area contributed by atoms with Crippen molar-refractivity contribution in [3.05, 3.63) is 29.8 Å². The van der Waals surface area contributed by atoms with E-state index < -0.39 is 10.0 Å². The Labute approximate surface area is 178 Å². The highest BCUT2D eigenvalue weighted by Gasteiger charge is 2.24. The molecule has 148 valence electrons. The molecule has 0 radical (unpaired) electrons. The van der Waals surface area contributed by atoms with E-state index in [1.807, 2.05) is 23.9 Å². The smallest absolute Gasteiger partial charge is 0.240 e. The van der Waals surface area contributed by atoms with Gasteiger partial charge in [0.15, 0.2) is 5.96 Å². The Hall–Kier alpha value is -0.520. The van der Waals surface area contributed by atoms with Gasteiger partial charge in [-0.2, -0.15) is 11.8 Å². The van der Waals surface area contributed by atoms with E-state index in [9.17, 15) is 8.42 Å². The number of nitrogens with one attached hydrogen (secondary N) is 2. The van der Waals surface area contributed by atoms with Gasteiger partial charge in [-0.05, 0) is 30.7 Å². The molecule has 1 heterocycles. The number of hydrogen-bond acceptors (Lipinski definition) is 4. The minimum atomic E-state index is -3.39. The second-order valence-corrected chi connectivity index (χ2v) is 9.59. The Morgan fingerprint density at radius 2 is 2.00 bits per heavy atom. The van der Waals surface area contributed by atoms with E-state index in [4.69, 9.17) is 0 Å². The van der Waals surface area contributed by atoms with Crippen LogP contribution in [0.3, 0.4) is 0 Å². The lowest BCUT2D eigenvalue weighted by Crippen LogP contribution is -2.48. The summed E-state index contributed by atoms with van der Waals surface area (Å²) < 4.78 is 25.8. The maximum absolute atomic E-state index is 11.8. The van der Waals surface area contributed by atoms with Gasteiger partial charge in [-0.25, -0.2) is 13.1 Å². The minimum absolute atomic E-state index is 0. The van der Waals surface area contributed by atoms with Gasteiger partial charge in [0.1, 0.15) is 0 Å². The number of rotatable bonds is 5. The van der Waals surface area contributed by atoms with Crippen LogP contribution < -0.4 is 10.0 Å². The van der Waals surface area contributed by atoms with Gasteiger partial charge in [-0.15, -0.1) is 24.0 Å². The first-order valence-electron chi connectivity index (χ1n) is 8.47. The van der Waals surface area contributed by atoms with Gasteiger partial charge >= 0.3 is 0 Å². The van der Waals surface area contributed by atoms with E-state index in [2.05, 4.69) is 33.8 Å². The molecule has 1 fully saturated rings. The average Bonchev–Trinajstić information content (AvgIpc) is 2.63.